The summed E-state index contributed by atoms with van der Waals surface area (Å²) in [6.45, 7) is 4.38. The summed E-state index contributed by atoms with van der Waals surface area (Å²) < 4.78 is 11.3. The highest BCUT2D eigenvalue weighted by atomic mass is 32.2. The molecule has 0 amide bonds. The summed E-state index contributed by atoms with van der Waals surface area (Å²) in [4.78, 5) is 2.50. The molecule has 2 rings (SSSR count). The summed E-state index contributed by atoms with van der Waals surface area (Å²) >= 11 is 2.03. The van der Waals surface area contributed by atoms with E-state index in [4.69, 9.17) is 15.2 Å². The van der Waals surface area contributed by atoms with Gasteiger partial charge >= 0.3 is 0 Å². The topological polar surface area (TPSA) is 47.7 Å². The first-order chi connectivity index (χ1) is 8.79. The van der Waals surface area contributed by atoms with E-state index < -0.39 is 0 Å². The molecule has 106 valence electrons. The molecule has 0 aromatic heterocycles. The second kappa shape index (κ2) is 7.10. The highest BCUT2D eigenvalue weighted by molar-refractivity contribution is 7.99. The van der Waals surface area contributed by atoms with Crippen LogP contribution in [0.3, 0.4) is 0 Å². The Kier molecular flexibility index (Phi) is 5.76. The van der Waals surface area contributed by atoms with Gasteiger partial charge in [0.1, 0.15) is 0 Å². The lowest BCUT2D eigenvalue weighted by atomic mass is 9.89. The molecule has 0 aromatic rings. The van der Waals surface area contributed by atoms with Gasteiger partial charge in [0.2, 0.25) is 0 Å². The number of methoxy groups -OCH3 is 1. The summed E-state index contributed by atoms with van der Waals surface area (Å²) in [5.41, 5.74) is 5.90. The molecular weight excluding hydrogens is 248 g/mol. The van der Waals surface area contributed by atoms with Crippen LogP contribution in [0.25, 0.3) is 0 Å². The third-order valence-electron chi connectivity index (χ3n) is 4.05. The van der Waals surface area contributed by atoms with Crippen LogP contribution in [0.4, 0.5) is 0 Å². The lowest BCUT2D eigenvalue weighted by Gasteiger charge is -2.42. The van der Waals surface area contributed by atoms with E-state index in [1.54, 1.807) is 7.11 Å². The molecule has 0 saturated carbocycles. The van der Waals surface area contributed by atoms with Crippen molar-refractivity contribution >= 4 is 11.8 Å². The zero-order chi connectivity index (χ0) is 12.8. The van der Waals surface area contributed by atoms with Crippen molar-refractivity contribution in [2.45, 2.75) is 30.9 Å². The van der Waals surface area contributed by atoms with E-state index in [0.717, 1.165) is 39.3 Å². The van der Waals surface area contributed by atoms with E-state index in [-0.39, 0.29) is 5.60 Å². The maximum atomic E-state index is 6.08. The van der Waals surface area contributed by atoms with Crippen LogP contribution in [0.1, 0.15) is 19.3 Å². The fourth-order valence-corrected chi connectivity index (χ4v) is 4.41. The van der Waals surface area contributed by atoms with E-state index >= 15 is 0 Å². The molecule has 2 heterocycles. The van der Waals surface area contributed by atoms with Crippen LogP contribution in [0.2, 0.25) is 0 Å². The number of thioether (sulfide) groups is 1. The minimum absolute atomic E-state index is 0.160. The maximum Gasteiger partial charge on any atom is 0.0795 e. The number of nitrogens with zero attached hydrogens (tertiary/aromatic N) is 1. The molecule has 0 aromatic carbocycles. The first kappa shape index (κ1) is 14.6. The number of nitrogens with two attached hydrogens (primary N) is 1. The Balaban J connectivity index is 1.91. The average Bonchev–Trinajstić information content (AvgIpc) is 2.82. The van der Waals surface area contributed by atoms with E-state index in [2.05, 4.69) is 4.90 Å². The van der Waals surface area contributed by atoms with Crippen LogP contribution in [0, 0.1) is 0 Å². The molecule has 18 heavy (non-hydrogen) atoms. The van der Waals surface area contributed by atoms with Gasteiger partial charge in [-0.3, -0.25) is 4.90 Å². The van der Waals surface area contributed by atoms with Crippen LogP contribution < -0.4 is 5.73 Å². The largest absolute Gasteiger partial charge is 0.383 e. The Hall–Kier alpha value is 0.190. The molecule has 2 atom stereocenters. The van der Waals surface area contributed by atoms with Crippen LogP contribution in [-0.4, -0.2) is 68.0 Å². The zero-order valence-corrected chi connectivity index (χ0v) is 12.2. The minimum atomic E-state index is 0.160. The molecule has 2 aliphatic heterocycles. The smallest absolute Gasteiger partial charge is 0.0795 e. The molecule has 2 saturated heterocycles. The predicted molar refractivity (Wildman–Crippen MR) is 76.2 cm³/mol. The standard InChI is InChI=1S/C13H26N2O2S/c1-16-8-6-15(5-4-14)12-2-7-17-13(10-12)3-9-18-11-13/h12H,2-11,14H2,1H3. The van der Waals surface area contributed by atoms with Gasteiger partial charge in [-0.15, -0.1) is 0 Å². The van der Waals surface area contributed by atoms with Gasteiger partial charge in [-0.1, -0.05) is 0 Å². The number of rotatable bonds is 6. The molecule has 0 aliphatic carbocycles. The lowest BCUT2D eigenvalue weighted by Crippen LogP contribution is -2.50. The third-order valence-corrected chi connectivity index (χ3v) is 5.27. The minimum Gasteiger partial charge on any atom is -0.383 e. The molecule has 2 unspecified atom stereocenters. The predicted octanol–water partition coefficient (Wildman–Crippen LogP) is 0.948. The fourth-order valence-electron chi connectivity index (χ4n) is 3.03. The van der Waals surface area contributed by atoms with Crippen molar-refractivity contribution in [2.75, 3.05) is 51.5 Å². The van der Waals surface area contributed by atoms with E-state index in [0.29, 0.717) is 6.04 Å². The molecule has 2 fully saturated rings. The second-order valence-corrected chi connectivity index (χ2v) is 6.40. The highest BCUT2D eigenvalue weighted by Crippen LogP contribution is 2.39. The summed E-state index contributed by atoms with van der Waals surface area (Å²) in [5, 5.41) is 0. The Bertz CT molecular complexity index is 247. The summed E-state index contributed by atoms with van der Waals surface area (Å²) in [7, 11) is 1.76. The first-order valence-corrected chi connectivity index (χ1v) is 8.10. The van der Waals surface area contributed by atoms with Crippen LogP contribution in [-0.2, 0) is 9.47 Å². The SMILES string of the molecule is COCCN(CCN)C1CCOC2(CCSC2)C1. The van der Waals surface area contributed by atoms with E-state index in [1.165, 1.54) is 24.3 Å². The van der Waals surface area contributed by atoms with Gasteiger partial charge in [-0.25, -0.2) is 0 Å². The van der Waals surface area contributed by atoms with Gasteiger partial charge in [-0.2, -0.15) is 11.8 Å². The van der Waals surface area contributed by atoms with Crippen molar-refractivity contribution in [3.63, 3.8) is 0 Å². The summed E-state index contributed by atoms with van der Waals surface area (Å²) in [6.07, 6.45) is 3.52. The van der Waals surface area contributed by atoms with E-state index in [9.17, 15) is 0 Å². The van der Waals surface area contributed by atoms with Gasteiger partial charge in [0.15, 0.2) is 0 Å². The molecule has 0 bridgehead atoms. The number of hydrogen-bond donors (Lipinski definition) is 1. The quantitative estimate of drug-likeness (QED) is 0.781. The van der Waals surface area contributed by atoms with Crippen molar-refractivity contribution in [1.29, 1.82) is 0 Å². The average molecular weight is 274 g/mol. The zero-order valence-electron chi connectivity index (χ0n) is 11.4. The monoisotopic (exact) mass is 274 g/mol. The van der Waals surface area contributed by atoms with E-state index in [1.807, 2.05) is 11.8 Å². The van der Waals surface area contributed by atoms with Crippen molar-refractivity contribution in [1.82, 2.24) is 4.90 Å². The number of ether oxygens (including phenoxy) is 2. The molecule has 2 N–H and O–H groups in total. The van der Waals surface area contributed by atoms with Crippen molar-refractivity contribution in [3.8, 4) is 0 Å². The lowest BCUT2D eigenvalue weighted by molar-refractivity contribution is -0.0908. The van der Waals surface area contributed by atoms with Crippen molar-refractivity contribution in [2.24, 2.45) is 5.73 Å². The third kappa shape index (κ3) is 3.61. The molecule has 5 heteroatoms. The van der Waals surface area contributed by atoms with Gasteiger partial charge in [0, 0.05) is 45.1 Å². The Morgan fingerprint density at radius 1 is 1.50 bits per heavy atom. The van der Waals surface area contributed by atoms with Crippen LogP contribution in [0.5, 0.6) is 0 Å². The molecule has 4 nitrogen and oxygen atoms in total. The van der Waals surface area contributed by atoms with Gasteiger partial charge in [0.25, 0.3) is 0 Å². The molecular formula is C13H26N2O2S. The highest BCUT2D eigenvalue weighted by Gasteiger charge is 2.41. The van der Waals surface area contributed by atoms with Crippen molar-refractivity contribution in [3.05, 3.63) is 0 Å². The Morgan fingerprint density at radius 2 is 2.39 bits per heavy atom. The molecule has 0 radical (unpaired) electrons. The Morgan fingerprint density at radius 3 is 3.06 bits per heavy atom. The number of hydrogen-bond acceptors (Lipinski definition) is 5. The van der Waals surface area contributed by atoms with Crippen LogP contribution >= 0.6 is 11.8 Å². The normalized spacial score (nSPS) is 32.5. The second-order valence-electron chi connectivity index (χ2n) is 5.30. The Labute approximate surface area is 115 Å². The van der Waals surface area contributed by atoms with Gasteiger partial charge < -0.3 is 15.2 Å². The van der Waals surface area contributed by atoms with Gasteiger partial charge in [-0.05, 0) is 25.0 Å². The molecule has 1 spiro atoms. The molecule has 2 aliphatic rings. The van der Waals surface area contributed by atoms with Crippen LogP contribution in [0.15, 0.2) is 0 Å². The maximum absolute atomic E-state index is 6.08. The fraction of sp³-hybridized carbons (Fsp3) is 1.00. The van der Waals surface area contributed by atoms with Gasteiger partial charge in [0.05, 0.1) is 12.2 Å². The first-order valence-electron chi connectivity index (χ1n) is 6.94. The summed E-state index contributed by atoms with van der Waals surface area (Å²) in [5.74, 6) is 2.42. The summed E-state index contributed by atoms with van der Waals surface area (Å²) in [6, 6.07) is 0.621. The van der Waals surface area contributed by atoms with Crippen molar-refractivity contribution < 1.29 is 9.47 Å².